The molecule has 0 amide bonds. The first-order valence-corrected chi connectivity index (χ1v) is 8.82. The van der Waals surface area contributed by atoms with Crippen LogP contribution in [0.5, 0.6) is 0 Å². The van der Waals surface area contributed by atoms with Gasteiger partial charge in [-0.3, -0.25) is 28.5 Å². The van der Waals surface area contributed by atoms with E-state index in [0.717, 1.165) is 21.5 Å². The molecule has 0 saturated heterocycles. The molecule has 0 unspecified atom stereocenters. The van der Waals surface area contributed by atoms with E-state index in [2.05, 4.69) is 4.98 Å². The summed E-state index contributed by atoms with van der Waals surface area (Å²) < 4.78 is 7.83. The van der Waals surface area contributed by atoms with Crippen molar-refractivity contribution in [2.24, 2.45) is 0 Å². The van der Waals surface area contributed by atoms with Crippen LogP contribution in [0.1, 0.15) is 21.7 Å². The fraction of sp³-hybridized carbons (Fsp3) is 0.235. The molecule has 0 aliphatic heterocycles. The van der Waals surface area contributed by atoms with Crippen molar-refractivity contribution in [3.63, 3.8) is 0 Å². The molecule has 10 heteroatoms. The van der Waals surface area contributed by atoms with Crippen molar-refractivity contribution >= 4 is 23.1 Å². The second kappa shape index (κ2) is 7.54. The quantitative estimate of drug-likeness (QED) is 0.494. The summed E-state index contributed by atoms with van der Waals surface area (Å²) >= 11 is 1.45. The van der Waals surface area contributed by atoms with Crippen LogP contribution >= 0.6 is 11.3 Å². The van der Waals surface area contributed by atoms with Crippen molar-refractivity contribution in [1.82, 2.24) is 19.1 Å². The fourth-order valence-corrected chi connectivity index (χ4v) is 3.39. The summed E-state index contributed by atoms with van der Waals surface area (Å²) in [6, 6.07) is 2.84. The highest BCUT2D eigenvalue weighted by Gasteiger charge is 2.19. The van der Waals surface area contributed by atoms with Gasteiger partial charge in [-0.2, -0.15) is 0 Å². The van der Waals surface area contributed by atoms with Gasteiger partial charge in [0.05, 0.1) is 0 Å². The first-order chi connectivity index (χ1) is 12.9. The lowest BCUT2D eigenvalue weighted by atomic mass is 10.1. The Morgan fingerprint density at radius 2 is 2.07 bits per heavy atom. The smallest absolute Gasteiger partial charge is 0.328 e. The lowest BCUT2D eigenvalue weighted by Crippen LogP contribution is -2.31. The van der Waals surface area contributed by atoms with Crippen molar-refractivity contribution in [3.8, 4) is 5.13 Å². The van der Waals surface area contributed by atoms with Crippen molar-refractivity contribution in [1.29, 1.82) is 0 Å². The highest BCUT2D eigenvalue weighted by Crippen LogP contribution is 2.22. The molecule has 0 saturated carbocycles. The summed E-state index contributed by atoms with van der Waals surface area (Å²) in [5.74, 6) is -1.11. The number of rotatable bonds is 6. The molecule has 0 aromatic carbocycles. The third-order valence-electron chi connectivity index (χ3n) is 3.90. The van der Waals surface area contributed by atoms with E-state index in [0.29, 0.717) is 11.3 Å². The Hall–Kier alpha value is -3.27. The Morgan fingerprint density at radius 3 is 2.74 bits per heavy atom. The van der Waals surface area contributed by atoms with Crippen LogP contribution < -0.4 is 11.2 Å². The van der Waals surface area contributed by atoms with Gasteiger partial charge in [-0.15, -0.1) is 11.3 Å². The maximum Gasteiger partial charge on any atom is 0.328 e. The van der Waals surface area contributed by atoms with Gasteiger partial charge in [0.1, 0.15) is 6.54 Å². The molecular weight excluding hydrogens is 372 g/mol. The topological polar surface area (TPSA) is 116 Å². The maximum atomic E-state index is 12.4. The molecule has 0 atom stereocenters. The van der Waals surface area contributed by atoms with E-state index < -0.39 is 30.4 Å². The van der Waals surface area contributed by atoms with Crippen molar-refractivity contribution in [2.75, 3.05) is 6.61 Å². The Kier molecular flexibility index (Phi) is 5.17. The molecule has 1 N–H and O–H groups in total. The average Bonchev–Trinajstić information content (AvgIpc) is 3.23. The van der Waals surface area contributed by atoms with E-state index in [9.17, 15) is 19.2 Å². The molecule has 140 valence electrons. The number of carbonyl (C=O) groups is 2. The number of ether oxygens (including phenoxy) is 1. The second-order valence-corrected chi connectivity index (χ2v) is 6.63. The number of aromatic nitrogens is 4. The Bertz CT molecular complexity index is 1110. The normalized spacial score (nSPS) is 10.7. The number of aromatic amines is 1. The number of hydrogen-bond donors (Lipinski definition) is 1. The van der Waals surface area contributed by atoms with Crippen LogP contribution in [-0.4, -0.2) is 37.5 Å². The number of nitrogens with one attached hydrogen (secondary N) is 1. The number of carbonyl (C=O) groups excluding carboxylic acids is 2. The minimum absolute atomic E-state index is 0.354. The standard InChI is InChI=1S/C17H16N4O5S/c1-10-7-12(11(2)21(10)17-18-4-6-27-17)13(22)9-26-15(24)8-20-5-3-14(23)19-16(20)25/h3-7H,8-9H2,1-2H3,(H,19,23,25). The van der Waals surface area contributed by atoms with Crippen molar-refractivity contribution in [3.05, 3.63) is 67.7 Å². The minimum atomic E-state index is -0.758. The highest BCUT2D eigenvalue weighted by atomic mass is 32.1. The van der Waals surface area contributed by atoms with Crippen LogP contribution in [0.2, 0.25) is 0 Å². The molecule has 0 bridgehead atoms. The monoisotopic (exact) mass is 388 g/mol. The number of thiazole rings is 1. The van der Waals surface area contributed by atoms with Crippen LogP contribution in [0.25, 0.3) is 5.13 Å². The summed E-state index contributed by atoms with van der Waals surface area (Å²) in [5.41, 5.74) is 0.710. The van der Waals surface area contributed by atoms with Gasteiger partial charge in [-0.1, -0.05) is 0 Å². The van der Waals surface area contributed by atoms with Crippen LogP contribution in [0, 0.1) is 13.8 Å². The first-order valence-electron chi connectivity index (χ1n) is 7.94. The van der Waals surface area contributed by atoms with Gasteiger partial charge in [0.15, 0.2) is 11.7 Å². The van der Waals surface area contributed by atoms with Gasteiger partial charge in [0.2, 0.25) is 5.78 Å². The number of esters is 1. The maximum absolute atomic E-state index is 12.4. The summed E-state index contributed by atoms with van der Waals surface area (Å²) in [6.45, 7) is 2.81. The van der Waals surface area contributed by atoms with E-state index in [1.807, 2.05) is 21.9 Å². The summed E-state index contributed by atoms with van der Waals surface area (Å²) in [4.78, 5) is 53.2. The molecule has 0 spiro atoms. The summed E-state index contributed by atoms with van der Waals surface area (Å²) in [5, 5.41) is 2.59. The zero-order chi connectivity index (χ0) is 19.6. The van der Waals surface area contributed by atoms with Gasteiger partial charge in [0.25, 0.3) is 5.56 Å². The molecule has 3 aromatic heterocycles. The van der Waals surface area contributed by atoms with E-state index >= 15 is 0 Å². The number of aryl methyl sites for hydroxylation is 1. The summed E-state index contributed by atoms with van der Waals surface area (Å²) in [7, 11) is 0. The SMILES string of the molecule is Cc1cc(C(=O)COC(=O)Cn2ccc(=O)[nH]c2=O)c(C)n1-c1nccs1. The zero-order valence-electron chi connectivity index (χ0n) is 14.6. The van der Waals surface area contributed by atoms with Gasteiger partial charge in [-0.05, 0) is 19.9 Å². The number of Topliss-reactive ketones (excluding diaryl/α,β-unsaturated/α-hetero) is 1. The number of ketones is 1. The molecule has 3 heterocycles. The van der Waals surface area contributed by atoms with Crippen LogP contribution in [0.4, 0.5) is 0 Å². The van der Waals surface area contributed by atoms with Crippen LogP contribution in [0.3, 0.4) is 0 Å². The predicted octanol–water partition coefficient (Wildman–Crippen LogP) is 0.827. The molecule has 0 aliphatic carbocycles. The van der Waals surface area contributed by atoms with Crippen molar-refractivity contribution < 1.29 is 14.3 Å². The lowest BCUT2D eigenvalue weighted by molar-refractivity contribution is -0.143. The van der Waals surface area contributed by atoms with E-state index in [1.54, 1.807) is 19.2 Å². The predicted molar refractivity (Wildman–Crippen MR) is 97.5 cm³/mol. The van der Waals surface area contributed by atoms with Gasteiger partial charge < -0.3 is 4.74 Å². The van der Waals surface area contributed by atoms with Crippen molar-refractivity contribution in [2.45, 2.75) is 20.4 Å². The van der Waals surface area contributed by atoms with Crippen LogP contribution in [-0.2, 0) is 16.1 Å². The second-order valence-electron chi connectivity index (χ2n) is 5.76. The molecule has 3 rings (SSSR count). The van der Waals surface area contributed by atoms with Gasteiger partial charge in [-0.25, -0.2) is 9.78 Å². The van der Waals surface area contributed by atoms with Crippen LogP contribution in [0.15, 0.2) is 39.5 Å². The number of H-pyrrole nitrogens is 1. The molecule has 0 aliphatic rings. The molecule has 3 aromatic rings. The molecular formula is C17H16N4O5S. The van der Waals surface area contributed by atoms with E-state index in [1.165, 1.54) is 17.5 Å². The average molecular weight is 388 g/mol. The van der Waals surface area contributed by atoms with Gasteiger partial charge in [0, 0.05) is 40.8 Å². The molecule has 9 nitrogen and oxygen atoms in total. The highest BCUT2D eigenvalue weighted by molar-refractivity contribution is 7.12. The first kappa shape index (κ1) is 18.5. The minimum Gasteiger partial charge on any atom is -0.456 e. The van der Waals surface area contributed by atoms with Gasteiger partial charge >= 0.3 is 11.7 Å². The molecule has 27 heavy (non-hydrogen) atoms. The Morgan fingerprint density at radius 1 is 1.30 bits per heavy atom. The third kappa shape index (κ3) is 3.95. The molecule has 0 fully saturated rings. The largest absolute Gasteiger partial charge is 0.456 e. The Labute approximate surface area is 156 Å². The number of nitrogens with zero attached hydrogens (tertiary/aromatic N) is 3. The summed E-state index contributed by atoms with van der Waals surface area (Å²) in [6.07, 6.45) is 2.87. The van der Waals surface area contributed by atoms with E-state index in [4.69, 9.17) is 4.74 Å². The Balaban J connectivity index is 1.67. The fourth-order valence-electron chi connectivity index (χ4n) is 2.64. The molecule has 0 radical (unpaired) electrons. The third-order valence-corrected chi connectivity index (χ3v) is 4.66. The zero-order valence-corrected chi connectivity index (χ0v) is 15.4. The lowest BCUT2D eigenvalue weighted by Gasteiger charge is -2.07. The van der Waals surface area contributed by atoms with E-state index in [-0.39, 0.29) is 5.78 Å². The number of hydrogen-bond acceptors (Lipinski definition) is 7.